The van der Waals surface area contributed by atoms with E-state index in [-0.39, 0.29) is 24.2 Å². The molecule has 2 atom stereocenters. The highest BCUT2D eigenvalue weighted by atomic mass is 35.5. The molecule has 3 aromatic rings. The van der Waals surface area contributed by atoms with Gasteiger partial charge in [-0.25, -0.2) is 0 Å². The van der Waals surface area contributed by atoms with Gasteiger partial charge in [0.25, 0.3) is 0 Å². The van der Waals surface area contributed by atoms with Crippen LogP contribution in [0.25, 0.3) is 0 Å². The maximum absolute atomic E-state index is 12.3. The second kappa shape index (κ2) is 10.3. The number of nitrogens with one attached hydrogen (secondary N) is 1. The van der Waals surface area contributed by atoms with Crippen LogP contribution in [0.1, 0.15) is 22.6 Å². The Morgan fingerprint density at radius 1 is 0.969 bits per heavy atom. The minimum atomic E-state index is -0.682. The van der Waals surface area contributed by atoms with Crippen molar-refractivity contribution in [3.63, 3.8) is 0 Å². The van der Waals surface area contributed by atoms with Crippen LogP contribution in [-0.2, 0) is 27.2 Å². The molecule has 0 saturated heterocycles. The number of carbonyl (C=O) groups excluding carboxylic acids is 2. The van der Waals surface area contributed by atoms with Crippen LogP contribution in [0.2, 0.25) is 0 Å². The van der Waals surface area contributed by atoms with Crippen LogP contribution in [-0.4, -0.2) is 25.0 Å². The first kappa shape index (κ1) is 23.3. The third kappa shape index (κ3) is 5.28. The number of methoxy groups -OCH3 is 1. The highest BCUT2D eigenvalue weighted by molar-refractivity contribution is 6.03. The Labute approximate surface area is 193 Å². The van der Waals surface area contributed by atoms with Crippen molar-refractivity contribution >= 4 is 30.0 Å². The first-order valence-corrected chi connectivity index (χ1v) is 10.1. The summed E-state index contributed by atoms with van der Waals surface area (Å²) in [6, 6.07) is 22.3. The predicted molar refractivity (Wildman–Crippen MR) is 125 cm³/mol. The fourth-order valence-corrected chi connectivity index (χ4v) is 3.73. The monoisotopic (exact) mass is 452 g/mol. The molecule has 0 spiro atoms. The standard InChI is InChI=1S/C25H24N2O4.ClH/c1-30-25(29)22(26)15-17-8-12-19(13-9-17)31-18-10-6-16(7-11-18)14-21-20-4-2-3-5-23(20)27-24(21)28;/h2-13,21-22H,14-15,26H2,1H3,(H,27,28);1H. The van der Waals surface area contributed by atoms with Gasteiger partial charge in [-0.15, -0.1) is 12.4 Å². The first-order valence-electron chi connectivity index (χ1n) is 10.1. The van der Waals surface area contributed by atoms with Gasteiger partial charge in [0.05, 0.1) is 13.0 Å². The SMILES string of the molecule is COC(=O)C(N)Cc1ccc(Oc2ccc(CC3C(=O)Nc4ccccc43)cc2)cc1.Cl. The van der Waals surface area contributed by atoms with Crippen LogP contribution < -0.4 is 15.8 Å². The molecule has 3 aromatic carbocycles. The number of halogens is 1. The van der Waals surface area contributed by atoms with Gasteiger partial charge in [0.1, 0.15) is 17.5 Å². The lowest BCUT2D eigenvalue weighted by molar-refractivity contribution is -0.142. The number of esters is 1. The van der Waals surface area contributed by atoms with Crippen LogP contribution >= 0.6 is 12.4 Å². The Kier molecular flexibility index (Phi) is 7.51. The number of anilines is 1. The van der Waals surface area contributed by atoms with E-state index in [9.17, 15) is 9.59 Å². The summed E-state index contributed by atoms with van der Waals surface area (Å²) < 4.78 is 10.6. The van der Waals surface area contributed by atoms with E-state index in [4.69, 9.17) is 10.5 Å². The largest absolute Gasteiger partial charge is 0.468 e. The molecule has 32 heavy (non-hydrogen) atoms. The minimum absolute atomic E-state index is 0. The van der Waals surface area contributed by atoms with E-state index in [0.717, 1.165) is 22.4 Å². The summed E-state index contributed by atoms with van der Waals surface area (Å²) in [4.78, 5) is 23.8. The zero-order valence-corrected chi connectivity index (χ0v) is 18.4. The molecule has 3 N–H and O–H groups in total. The van der Waals surface area contributed by atoms with Crippen LogP contribution in [0.3, 0.4) is 0 Å². The zero-order valence-electron chi connectivity index (χ0n) is 17.6. The molecule has 0 bridgehead atoms. The Balaban J connectivity index is 0.00000289. The van der Waals surface area contributed by atoms with Gasteiger partial charge in [-0.3, -0.25) is 9.59 Å². The number of carbonyl (C=O) groups is 2. The van der Waals surface area contributed by atoms with E-state index < -0.39 is 12.0 Å². The smallest absolute Gasteiger partial charge is 0.322 e. The highest BCUT2D eigenvalue weighted by Gasteiger charge is 2.29. The number of hydrogen-bond donors (Lipinski definition) is 2. The number of para-hydroxylation sites is 1. The lowest BCUT2D eigenvalue weighted by Crippen LogP contribution is -2.33. The highest BCUT2D eigenvalue weighted by Crippen LogP contribution is 2.34. The van der Waals surface area contributed by atoms with E-state index in [1.54, 1.807) is 0 Å². The number of nitrogens with two attached hydrogens (primary N) is 1. The number of ether oxygens (including phenoxy) is 2. The van der Waals surface area contributed by atoms with E-state index in [1.807, 2.05) is 72.8 Å². The fourth-order valence-electron chi connectivity index (χ4n) is 3.73. The first-order chi connectivity index (χ1) is 15.0. The van der Waals surface area contributed by atoms with Crippen molar-refractivity contribution in [2.45, 2.75) is 24.8 Å². The van der Waals surface area contributed by atoms with Crippen molar-refractivity contribution < 1.29 is 19.1 Å². The van der Waals surface area contributed by atoms with E-state index >= 15 is 0 Å². The fraction of sp³-hybridized carbons (Fsp3) is 0.200. The molecule has 0 fully saturated rings. The predicted octanol–water partition coefficient (Wildman–Crippen LogP) is 4.22. The molecule has 0 aliphatic carbocycles. The summed E-state index contributed by atoms with van der Waals surface area (Å²) >= 11 is 0. The number of fused-ring (bicyclic) bond motifs is 1. The third-order valence-electron chi connectivity index (χ3n) is 5.39. The molecule has 0 aromatic heterocycles. The molecule has 0 radical (unpaired) electrons. The lowest BCUT2D eigenvalue weighted by atomic mass is 9.93. The average Bonchev–Trinajstić information content (AvgIpc) is 3.10. The van der Waals surface area contributed by atoms with Gasteiger partial charge in [-0.2, -0.15) is 0 Å². The quantitative estimate of drug-likeness (QED) is 0.524. The normalized spacial score (nSPS) is 15.2. The van der Waals surface area contributed by atoms with Crippen LogP contribution in [0.15, 0.2) is 72.8 Å². The molecule has 1 aliphatic heterocycles. The Bertz CT molecular complexity index is 1080. The molecular weight excluding hydrogens is 428 g/mol. The Morgan fingerprint density at radius 2 is 1.56 bits per heavy atom. The second-order valence-electron chi connectivity index (χ2n) is 7.56. The maximum atomic E-state index is 12.3. The van der Waals surface area contributed by atoms with Gasteiger partial charge in [-0.1, -0.05) is 42.5 Å². The van der Waals surface area contributed by atoms with Gasteiger partial charge < -0.3 is 20.5 Å². The van der Waals surface area contributed by atoms with Crippen molar-refractivity contribution in [3.05, 3.63) is 89.5 Å². The van der Waals surface area contributed by atoms with Crippen molar-refractivity contribution in [2.75, 3.05) is 12.4 Å². The summed E-state index contributed by atoms with van der Waals surface area (Å²) in [5.41, 5.74) is 9.73. The van der Waals surface area contributed by atoms with Gasteiger partial charge in [0.15, 0.2) is 0 Å². The van der Waals surface area contributed by atoms with Gasteiger partial charge in [-0.05, 0) is 59.9 Å². The number of hydrogen-bond acceptors (Lipinski definition) is 5. The van der Waals surface area contributed by atoms with Crippen molar-refractivity contribution in [3.8, 4) is 11.5 Å². The Morgan fingerprint density at radius 3 is 2.19 bits per heavy atom. The number of rotatable bonds is 7. The third-order valence-corrected chi connectivity index (χ3v) is 5.39. The molecule has 0 saturated carbocycles. The molecular formula is C25H25ClN2O4. The van der Waals surface area contributed by atoms with Crippen molar-refractivity contribution in [2.24, 2.45) is 5.73 Å². The number of amides is 1. The summed E-state index contributed by atoms with van der Waals surface area (Å²) in [5, 5.41) is 2.94. The number of benzene rings is 3. The summed E-state index contributed by atoms with van der Waals surface area (Å²) in [7, 11) is 1.33. The van der Waals surface area contributed by atoms with Crippen LogP contribution in [0.5, 0.6) is 11.5 Å². The van der Waals surface area contributed by atoms with Gasteiger partial charge in [0, 0.05) is 5.69 Å². The summed E-state index contributed by atoms with van der Waals surface area (Å²) in [6.45, 7) is 0. The Hall–Kier alpha value is -3.35. The maximum Gasteiger partial charge on any atom is 0.322 e. The summed E-state index contributed by atoms with van der Waals surface area (Å²) in [6.07, 6.45) is 1.04. The molecule has 6 nitrogen and oxygen atoms in total. The average molecular weight is 453 g/mol. The molecule has 4 rings (SSSR count). The van der Waals surface area contributed by atoms with Crippen molar-refractivity contribution in [1.29, 1.82) is 0 Å². The van der Waals surface area contributed by atoms with Gasteiger partial charge >= 0.3 is 5.97 Å². The van der Waals surface area contributed by atoms with Crippen LogP contribution in [0, 0.1) is 0 Å². The molecule has 1 heterocycles. The minimum Gasteiger partial charge on any atom is -0.468 e. The van der Waals surface area contributed by atoms with Crippen LogP contribution in [0.4, 0.5) is 5.69 Å². The van der Waals surface area contributed by atoms with Gasteiger partial charge in [0.2, 0.25) is 5.91 Å². The van der Waals surface area contributed by atoms with E-state index in [1.165, 1.54) is 7.11 Å². The van der Waals surface area contributed by atoms with E-state index in [2.05, 4.69) is 10.1 Å². The second-order valence-corrected chi connectivity index (χ2v) is 7.56. The molecule has 166 valence electrons. The molecule has 2 unspecified atom stereocenters. The van der Waals surface area contributed by atoms with E-state index in [0.29, 0.717) is 24.3 Å². The summed E-state index contributed by atoms with van der Waals surface area (Å²) in [5.74, 6) is 0.825. The topological polar surface area (TPSA) is 90.7 Å². The lowest BCUT2D eigenvalue weighted by Gasteiger charge is -2.11. The molecule has 7 heteroatoms. The zero-order chi connectivity index (χ0) is 21.8. The molecule has 1 aliphatic rings. The van der Waals surface area contributed by atoms with Crippen molar-refractivity contribution in [1.82, 2.24) is 0 Å². The molecule has 1 amide bonds.